The number of benzene rings is 3. The number of fused-ring (bicyclic) bond motifs is 1. The molecule has 2 aliphatic rings. The van der Waals surface area contributed by atoms with Gasteiger partial charge in [0.25, 0.3) is 0 Å². The molecule has 3 aromatic carbocycles. The molecule has 0 bridgehead atoms. The van der Waals surface area contributed by atoms with E-state index in [9.17, 15) is 19.8 Å². The Morgan fingerprint density at radius 3 is 2.19 bits per heavy atom. The maximum atomic E-state index is 12.5. The summed E-state index contributed by atoms with van der Waals surface area (Å²) in [6.45, 7) is 5.83. The summed E-state index contributed by atoms with van der Waals surface area (Å²) in [6, 6.07) is 24.5. The average Bonchev–Trinajstić information content (AvgIpc) is 3.11. The fraction of sp³-hybridized carbons (Fsp3) is 0.436. The minimum Gasteiger partial charge on any atom is -0.493 e. The molecule has 0 saturated carbocycles. The van der Waals surface area contributed by atoms with Gasteiger partial charge in [0.2, 0.25) is 0 Å². The Bertz CT molecular complexity index is 1520. The highest BCUT2D eigenvalue weighted by Gasteiger charge is 2.40. The topological polar surface area (TPSA) is 109 Å². The van der Waals surface area contributed by atoms with Gasteiger partial charge in [-0.05, 0) is 73.0 Å². The standard InChI is InChI=1S/C39H48N2O7/c1-4-39(33-26-36(47-3)35(46-2)24-30(33)17-23-48-39)18-20-41-22-21-40(27-34(41)32(38(44)45)25-37(42)43)19-11-16-31(28-12-7-5-8-13-28)29-14-9-6-10-15-29/h5-10,12-15,24-26,31,34H,4,11,16-23,27H2,1-3H3,(H,42,43)(H,44,45)/b32-25-. The fourth-order valence-electron chi connectivity index (χ4n) is 7.48. The van der Waals surface area contributed by atoms with E-state index in [4.69, 9.17) is 14.2 Å². The zero-order valence-corrected chi connectivity index (χ0v) is 28.3. The molecular weight excluding hydrogens is 608 g/mol. The molecule has 0 aliphatic carbocycles. The van der Waals surface area contributed by atoms with Gasteiger partial charge in [-0.2, -0.15) is 0 Å². The number of hydrogen-bond acceptors (Lipinski definition) is 7. The Balaban J connectivity index is 1.33. The number of piperazine rings is 1. The molecule has 2 aliphatic heterocycles. The quantitative estimate of drug-likeness (QED) is 0.192. The van der Waals surface area contributed by atoms with Crippen LogP contribution in [0.4, 0.5) is 0 Å². The van der Waals surface area contributed by atoms with Crippen LogP contribution in [0.25, 0.3) is 0 Å². The van der Waals surface area contributed by atoms with Gasteiger partial charge in [0.15, 0.2) is 11.5 Å². The summed E-state index contributed by atoms with van der Waals surface area (Å²) in [7, 11) is 3.25. The molecule has 48 heavy (non-hydrogen) atoms. The molecule has 2 N–H and O–H groups in total. The van der Waals surface area contributed by atoms with Crippen LogP contribution in [-0.2, 0) is 26.3 Å². The normalized spacial score (nSPS) is 20.3. The van der Waals surface area contributed by atoms with E-state index >= 15 is 0 Å². The molecule has 2 unspecified atom stereocenters. The first kappa shape index (κ1) is 35.1. The number of rotatable bonds is 15. The van der Waals surface area contributed by atoms with Crippen LogP contribution in [0.15, 0.2) is 84.4 Å². The number of carbonyl (C=O) groups is 2. The smallest absolute Gasteiger partial charge is 0.333 e. The van der Waals surface area contributed by atoms with Gasteiger partial charge in [-0.1, -0.05) is 67.6 Å². The third kappa shape index (κ3) is 8.09. The first-order valence-corrected chi connectivity index (χ1v) is 16.9. The molecule has 0 aromatic heterocycles. The molecule has 2 heterocycles. The van der Waals surface area contributed by atoms with Gasteiger partial charge in [0, 0.05) is 38.2 Å². The molecular formula is C39H48N2O7. The first-order valence-electron chi connectivity index (χ1n) is 16.9. The predicted octanol–water partition coefficient (Wildman–Crippen LogP) is 5.97. The van der Waals surface area contributed by atoms with Crippen molar-refractivity contribution in [3.8, 4) is 11.5 Å². The van der Waals surface area contributed by atoms with E-state index in [1.54, 1.807) is 14.2 Å². The number of aliphatic carboxylic acids is 2. The van der Waals surface area contributed by atoms with Crippen LogP contribution in [0.2, 0.25) is 0 Å². The van der Waals surface area contributed by atoms with E-state index in [1.807, 2.05) is 24.3 Å². The summed E-state index contributed by atoms with van der Waals surface area (Å²) in [4.78, 5) is 28.7. The van der Waals surface area contributed by atoms with E-state index < -0.39 is 23.6 Å². The second-order valence-corrected chi connectivity index (χ2v) is 12.7. The van der Waals surface area contributed by atoms with E-state index in [2.05, 4.69) is 65.3 Å². The lowest BCUT2D eigenvalue weighted by Gasteiger charge is -2.45. The Morgan fingerprint density at radius 1 is 0.958 bits per heavy atom. The van der Waals surface area contributed by atoms with Crippen molar-refractivity contribution in [1.29, 1.82) is 0 Å². The number of methoxy groups -OCH3 is 2. The molecule has 9 heteroatoms. The van der Waals surface area contributed by atoms with Crippen LogP contribution < -0.4 is 9.47 Å². The highest BCUT2D eigenvalue weighted by Crippen LogP contribution is 2.44. The van der Waals surface area contributed by atoms with Crippen LogP contribution in [0, 0.1) is 0 Å². The van der Waals surface area contributed by atoms with Gasteiger partial charge >= 0.3 is 11.9 Å². The SMILES string of the molecule is CCC1(CCN2CCN(CCCC(c3ccccc3)c3ccccc3)CC2/C(=C/C(=O)O)C(=O)O)OCCc2cc(OC)c(OC)cc21. The molecule has 0 radical (unpaired) electrons. The molecule has 3 aromatic rings. The second kappa shape index (κ2) is 16.3. The first-order chi connectivity index (χ1) is 23.3. The molecule has 0 amide bonds. The highest BCUT2D eigenvalue weighted by atomic mass is 16.5. The van der Waals surface area contributed by atoms with Gasteiger partial charge in [0.1, 0.15) is 0 Å². The summed E-state index contributed by atoms with van der Waals surface area (Å²) in [6.07, 6.45) is 4.84. The lowest BCUT2D eigenvalue weighted by atomic mass is 9.81. The summed E-state index contributed by atoms with van der Waals surface area (Å²) in [5.74, 6) is -0.876. The fourth-order valence-corrected chi connectivity index (χ4v) is 7.48. The Morgan fingerprint density at radius 2 is 1.60 bits per heavy atom. The molecule has 0 spiro atoms. The molecule has 5 rings (SSSR count). The molecule has 1 saturated heterocycles. The lowest BCUT2D eigenvalue weighted by Crippen LogP contribution is -2.56. The minimum absolute atomic E-state index is 0.0967. The van der Waals surface area contributed by atoms with Gasteiger partial charge in [-0.15, -0.1) is 0 Å². The summed E-state index contributed by atoms with van der Waals surface area (Å²) >= 11 is 0. The van der Waals surface area contributed by atoms with Gasteiger partial charge in [0.05, 0.1) is 38.0 Å². The van der Waals surface area contributed by atoms with E-state index in [-0.39, 0.29) is 11.5 Å². The van der Waals surface area contributed by atoms with E-state index in [0.717, 1.165) is 56.0 Å². The average molecular weight is 657 g/mol. The van der Waals surface area contributed by atoms with Crippen molar-refractivity contribution in [1.82, 2.24) is 9.80 Å². The van der Waals surface area contributed by atoms with Crippen molar-refractivity contribution in [3.05, 3.63) is 107 Å². The van der Waals surface area contributed by atoms with Crippen LogP contribution in [-0.4, -0.2) is 91.5 Å². The third-order valence-corrected chi connectivity index (χ3v) is 10.1. The zero-order chi connectivity index (χ0) is 34.1. The van der Waals surface area contributed by atoms with Crippen LogP contribution in [0.1, 0.15) is 60.8 Å². The van der Waals surface area contributed by atoms with Gasteiger partial charge < -0.3 is 29.3 Å². The summed E-state index contributed by atoms with van der Waals surface area (Å²) < 4.78 is 17.7. The summed E-state index contributed by atoms with van der Waals surface area (Å²) in [5.41, 5.74) is 4.09. The molecule has 9 nitrogen and oxygen atoms in total. The van der Waals surface area contributed by atoms with Crippen molar-refractivity contribution >= 4 is 11.9 Å². The van der Waals surface area contributed by atoms with Crippen LogP contribution in [0.5, 0.6) is 11.5 Å². The number of ether oxygens (including phenoxy) is 3. The maximum absolute atomic E-state index is 12.5. The van der Waals surface area contributed by atoms with Crippen LogP contribution >= 0.6 is 0 Å². The van der Waals surface area contributed by atoms with Crippen molar-refractivity contribution in [3.63, 3.8) is 0 Å². The number of carboxylic acid groups (broad SMARTS) is 2. The molecule has 1 fully saturated rings. The molecule has 2 atom stereocenters. The summed E-state index contributed by atoms with van der Waals surface area (Å²) in [5, 5.41) is 19.8. The van der Waals surface area contributed by atoms with Crippen molar-refractivity contribution in [2.45, 2.75) is 56.6 Å². The number of hydrogen-bond donors (Lipinski definition) is 2. The van der Waals surface area contributed by atoms with Gasteiger partial charge in [-0.25, -0.2) is 9.59 Å². The minimum atomic E-state index is -1.26. The number of carboxylic acids is 2. The van der Waals surface area contributed by atoms with Crippen molar-refractivity contribution < 1.29 is 34.0 Å². The third-order valence-electron chi connectivity index (χ3n) is 10.1. The Labute approximate surface area is 283 Å². The van der Waals surface area contributed by atoms with Crippen LogP contribution in [0.3, 0.4) is 0 Å². The maximum Gasteiger partial charge on any atom is 0.333 e. The number of nitrogens with zero attached hydrogens (tertiary/aromatic N) is 2. The van der Waals surface area contributed by atoms with Crippen molar-refractivity contribution in [2.75, 3.05) is 53.6 Å². The largest absolute Gasteiger partial charge is 0.493 e. The van der Waals surface area contributed by atoms with E-state index in [1.165, 1.54) is 11.1 Å². The molecule has 256 valence electrons. The Kier molecular flexibility index (Phi) is 11.9. The zero-order valence-electron chi connectivity index (χ0n) is 28.3. The predicted molar refractivity (Wildman–Crippen MR) is 185 cm³/mol. The lowest BCUT2D eigenvalue weighted by molar-refractivity contribution is -0.136. The highest BCUT2D eigenvalue weighted by molar-refractivity contribution is 5.95. The second-order valence-electron chi connectivity index (χ2n) is 12.7. The monoisotopic (exact) mass is 656 g/mol. The van der Waals surface area contributed by atoms with Gasteiger partial charge in [-0.3, -0.25) is 4.90 Å². The Hall–Kier alpha value is -4.18. The van der Waals surface area contributed by atoms with E-state index in [0.29, 0.717) is 44.2 Å². The van der Waals surface area contributed by atoms with Crippen molar-refractivity contribution in [2.24, 2.45) is 0 Å².